The second-order valence-corrected chi connectivity index (χ2v) is 7.31. The van der Waals surface area contributed by atoms with E-state index >= 15 is 0 Å². The molecule has 0 saturated heterocycles. The van der Waals surface area contributed by atoms with E-state index in [-0.39, 0.29) is 0 Å². The third-order valence-corrected chi connectivity index (χ3v) is 5.22. The van der Waals surface area contributed by atoms with Gasteiger partial charge in [0.25, 0.3) is 0 Å². The van der Waals surface area contributed by atoms with Gasteiger partial charge < -0.3 is 4.90 Å². The molecule has 0 N–H and O–H groups in total. The van der Waals surface area contributed by atoms with E-state index in [9.17, 15) is 0 Å². The first-order chi connectivity index (χ1) is 11.7. The third kappa shape index (κ3) is 3.82. The van der Waals surface area contributed by atoms with Crippen LogP contribution in [0.1, 0.15) is 63.6 Å². The number of hydrogen-bond donors (Lipinski definition) is 0. The zero-order chi connectivity index (χ0) is 16.9. The van der Waals surface area contributed by atoms with Crippen molar-refractivity contribution in [1.82, 2.24) is 9.78 Å². The molecular formula is C21H31N3. The molecule has 1 fully saturated rings. The maximum Gasteiger partial charge on any atom is 0.0703 e. The summed E-state index contributed by atoms with van der Waals surface area (Å²) in [6, 6.07) is 9.50. The first-order valence-electron chi connectivity index (χ1n) is 9.55. The molecule has 1 heterocycles. The predicted octanol–water partition coefficient (Wildman–Crippen LogP) is 5.46. The lowest BCUT2D eigenvalue weighted by Crippen LogP contribution is -2.13. The summed E-state index contributed by atoms with van der Waals surface area (Å²) in [4.78, 5) is 2.15. The Morgan fingerprint density at radius 3 is 2.42 bits per heavy atom. The SMILES string of the molecule is CCCCc1nn(C2CCCCC2)cc1-c1ccc(N(C)C)cc1. The van der Waals surface area contributed by atoms with Crippen LogP contribution < -0.4 is 4.90 Å². The molecule has 3 nitrogen and oxygen atoms in total. The summed E-state index contributed by atoms with van der Waals surface area (Å²) in [6.45, 7) is 2.25. The summed E-state index contributed by atoms with van der Waals surface area (Å²) in [6.07, 6.45) is 12.5. The molecule has 3 rings (SSSR count). The van der Waals surface area contributed by atoms with Crippen molar-refractivity contribution in [1.29, 1.82) is 0 Å². The number of rotatable bonds is 6. The Kier molecular flexibility index (Phi) is 5.60. The van der Waals surface area contributed by atoms with Gasteiger partial charge in [-0.1, -0.05) is 44.7 Å². The van der Waals surface area contributed by atoms with Gasteiger partial charge in [-0.2, -0.15) is 5.10 Å². The van der Waals surface area contributed by atoms with Gasteiger partial charge in [-0.25, -0.2) is 0 Å². The summed E-state index contributed by atoms with van der Waals surface area (Å²) in [5.41, 5.74) is 5.15. The first kappa shape index (κ1) is 17.1. The number of aromatic nitrogens is 2. The van der Waals surface area contributed by atoms with Crippen LogP contribution in [0.25, 0.3) is 11.1 Å². The molecule has 0 radical (unpaired) electrons. The van der Waals surface area contributed by atoms with Crippen LogP contribution in [-0.4, -0.2) is 23.9 Å². The fourth-order valence-electron chi connectivity index (χ4n) is 3.67. The summed E-state index contributed by atoms with van der Waals surface area (Å²) >= 11 is 0. The molecule has 0 atom stereocenters. The fraction of sp³-hybridized carbons (Fsp3) is 0.571. The van der Waals surface area contributed by atoms with Crippen molar-refractivity contribution in [2.75, 3.05) is 19.0 Å². The summed E-state index contributed by atoms with van der Waals surface area (Å²) in [5.74, 6) is 0. The van der Waals surface area contributed by atoms with Crippen molar-refractivity contribution in [3.63, 3.8) is 0 Å². The van der Waals surface area contributed by atoms with Crippen LogP contribution in [0.3, 0.4) is 0 Å². The van der Waals surface area contributed by atoms with E-state index in [1.54, 1.807) is 0 Å². The molecule has 1 aromatic heterocycles. The van der Waals surface area contributed by atoms with Crippen LogP contribution in [0.2, 0.25) is 0 Å². The average molecular weight is 326 g/mol. The van der Waals surface area contributed by atoms with Crippen molar-refractivity contribution >= 4 is 5.69 Å². The molecule has 1 saturated carbocycles. The Labute approximate surface area is 146 Å². The Morgan fingerprint density at radius 1 is 1.08 bits per heavy atom. The lowest BCUT2D eigenvalue weighted by atomic mass is 9.96. The number of aryl methyl sites for hydroxylation is 1. The average Bonchev–Trinajstić information content (AvgIpc) is 3.05. The molecule has 2 aromatic rings. The van der Waals surface area contributed by atoms with Gasteiger partial charge in [-0.05, 0) is 43.4 Å². The minimum Gasteiger partial charge on any atom is -0.378 e. The highest BCUT2D eigenvalue weighted by Crippen LogP contribution is 2.32. The van der Waals surface area contributed by atoms with Crippen LogP contribution in [0.5, 0.6) is 0 Å². The van der Waals surface area contributed by atoms with E-state index in [1.165, 1.54) is 67.5 Å². The van der Waals surface area contributed by atoms with E-state index in [2.05, 4.69) is 61.1 Å². The largest absolute Gasteiger partial charge is 0.378 e. The van der Waals surface area contributed by atoms with Crippen LogP contribution in [0, 0.1) is 0 Å². The van der Waals surface area contributed by atoms with Gasteiger partial charge in [0, 0.05) is 31.5 Å². The van der Waals surface area contributed by atoms with E-state index in [4.69, 9.17) is 5.10 Å². The van der Waals surface area contributed by atoms with Gasteiger partial charge in [-0.15, -0.1) is 0 Å². The molecule has 24 heavy (non-hydrogen) atoms. The number of anilines is 1. The highest BCUT2D eigenvalue weighted by atomic mass is 15.3. The minimum absolute atomic E-state index is 0.605. The molecule has 1 aliphatic rings. The van der Waals surface area contributed by atoms with Crippen LogP contribution in [0.4, 0.5) is 5.69 Å². The molecule has 0 aliphatic heterocycles. The number of unbranched alkanes of at least 4 members (excludes halogenated alkanes) is 1. The van der Waals surface area contributed by atoms with Crippen molar-refractivity contribution in [2.45, 2.75) is 64.3 Å². The third-order valence-electron chi connectivity index (χ3n) is 5.22. The highest BCUT2D eigenvalue weighted by molar-refractivity contribution is 5.68. The molecule has 1 aromatic carbocycles. The lowest BCUT2D eigenvalue weighted by molar-refractivity contribution is 0.328. The van der Waals surface area contributed by atoms with Gasteiger partial charge in [0.2, 0.25) is 0 Å². The topological polar surface area (TPSA) is 21.1 Å². The smallest absolute Gasteiger partial charge is 0.0703 e. The highest BCUT2D eigenvalue weighted by Gasteiger charge is 2.19. The van der Waals surface area contributed by atoms with Crippen LogP contribution in [0.15, 0.2) is 30.5 Å². The van der Waals surface area contributed by atoms with Crippen LogP contribution in [-0.2, 0) is 6.42 Å². The molecule has 0 amide bonds. The minimum atomic E-state index is 0.605. The molecule has 0 bridgehead atoms. The van der Waals surface area contributed by atoms with Crippen molar-refractivity contribution < 1.29 is 0 Å². The second kappa shape index (κ2) is 7.87. The van der Waals surface area contributed by atoms with Crippen molar-refractivity contribution in [2.24, 2.45) is 0 Å². The predicted molar refractivity (Wildman–Crippen MR) is 103 cm³/mol. The normalized spacial score (nSPS) is 15.6. The Balaban J connectivity index is 1.90. The molecule has 0 spiro atoms. The van der Waals surface area contributed by atoms with E-state index in [0.717, 1.165) is 6.42 Å². The second-order valence-electron chi connectivity index (χ2n) is 7.31. The monoisotopic (exact) mass is 325 g/mol. The molecule has 130 valence electrons. The van der Waals surface area contributed by atoms with Gasteiger partial charge in [0.05, 0.1) is 11.7 Å². The molecule has 0 unspecified atom stereocenters. The zero-order valence-corrected chi connectivity index (χ0v) is 15.5. The quantitative estimate of drug-likeness (QED) is 0.703. The Morgan fingerprint density at radius 2 is 1.79 bits per heavy atom. The number of benzene rings is 1. The van der Waals surface area contributed by atoms with Gasteiger partial charge in [-0.3, -0.25) is 4.68 Å². The van der Waals surface area contributed by atoms with Crippen LogP contribution >= 0.6 is 0 Å². The van der Waals surface area contributed by atoms with Gasteiger partial charge in [0.1, 0.15) is 0 Å². The summed E-state index contributed by atoms with van der Waals surface area (Å²) < 4.78 is 2.28. The standard InChI is InChI=1S/C21H31N3/c1-4-5-11-21-20(17-12-14-18(15-13-17)23(2)3)16-24(22-21)19-9-7-6-8-10-19/h12-16,19H,4-11H2,1-3H3. The lowest BCUT2D eigenvalue weighted by Gasteiger charge is -2.21. The molecule has 3 heteroatoms. The maximum absolute atomic E-state index is 5.01. The Hall–Kier alpha value is -1.77. The molecular weight excluding hydrogens is 294 g/mol. The van der Waals surface area contributed by atoms with E-state index in [0.29, 0.717) is 6.04 Å². The fourth-order valence-corrected chi connectivity index (χ4v) is 3.67. The summed E-state index contributed by atoms with van der Waals surface area (Å²) in [7, 11) is 4.17. The van der Waals surface area contributed by atoms with Gasteiger partial charge >= 0.3 is 0 Å². The number of hydrogen-bond acceptors (Lipinski definition) is 2. The van der Waals surface area contributed by atoms with E-state index in [1.807, 2.05) is 0 Å². The number of nitrogens with zero attached hydrogens (tertiary/aromatic N) is 3. The van der Waals surface area contributed by atoms with Crippen molar-refractivity contribution in [3.8, 4) is 11.1 Å². The van der Waals surface area contributed by atoms with Gasteiger partial charge in [0.15, 0.2) is 0 Å². The first-order valence-corrected chi connectivity index (χ1v) is 9.55. The Bertz CT molecular complexity index is 634. The van der Waals surface area contributed by atoms with Crippen molar-refractivity contribution in [3.05, 3.63) is 36.2 Å². The molecule has 1 aliphatic carbocycles. The zero-order valence-electron chi connectivity index (χ0n) is 15.5. The van der Waals surface area contributed by atoms with E-state index < -0.39 is 0 Å². The maximum atomic E-state index is 5.01. The summed E-state index contributed by atoms with van der Waals surface area (Å²) in [5, 5.41) is 5.01.